The summed E-state index contributed by atoms with van der Waals surface area (Å²) >= 11 is 0. The van der Waals surface area contributed by atoms with Crippen LogP contribution >= 0.6 is 0 Å². The Bertz CT molecular complexity index is 478. The molecule has 2 aliphatic rings. The van der Waals surface area contributed by atoms with Crippen LogP contribution in [0.4, 0.5) is 11.6 Å². The van der Waals surface area contributed by atoms with Crippen molar-refractivity contribution in [3.63, 3.8) is 0 Å². The maximum atomic E-state index is 4.77. The molecule has 2 N–H and O–H groups in total. The Morgan fingerprint density at radius 2 is 1.75 bits per heavy atom. The van der Waals surface area contributed by atoms with E-state index in [2.05, 4.69) is 31.4 Å². The van der Waals surface area contributed by atoms with Crippen LogP contribution in [0.5, 0.6) is 0 Å². The molecule has 2 saturated carbocycles. The van der Waals surface area contributed by atoms with Crippen molar-refractivity contribution < 1.29 is 0 Å². The molecule has 0 aromatic carbocycles. The second-order valence-electron chi connectivity index (χ2n) is 6.40. The fraction of sp³-hybridized carbons (Fsp3) is 0.750. The molecule has 2 fully saturated rings. The predicted molar refractivity (Wildman–Crippen MR) is 83.3 cm³/mol. The van der Waals surface area contributed by atoms with Crippen LogP contribution in [0.1, 0.15) is 56.8 Å². The molecule has 0 radical (unpaired) electrons. The molecule has 1 atom stereocenters. The molecule has 0 bridgehead atoms. The summed E-state index contributed by atoms with van der Waals surface area (Å²) in [4.78, 5) is 9.46. The number of rotatable bonds is 7. The average molecular weight is 274 g/mol. The molecule has 0 saturated heterocycles. The van der Waals surface area contributed by atoms with Gasteiger partial charge in [0.1, 0.15) is 17.5 Å². The minimum Gasteiger partial charge on any atom is -0.370 e. The highest BCUT2D eigenvalue weighted by atomic mass is 15.1. The van der Waals surface area contributed by atoms with Crippen LogP contribution < -0.4 is 10.6 Å². The minimum absolute atomic E-state index is 0.592. The van der Waals surface area contributed by atoms with Crippen molar-refractivity contribution in [3.8, 4) is 0 Å². The van der Waals surface area contributed by atoms with Gasteiger partial charge in [0.2, 0.25) is 0 Å². The zero-order valence-corrected chi connectivity index (χ0v) is 12.9. The van der Waals surface area contributed by atoms with Crippen molar-refractivity contribution in [2.24, 2.45) is 11.8 Å². The highest BCUT2D eigenvalue weighted by molar-refractivity contribution is 5.57. The van der Waals surface area contributed by atoms with Gasteiger partial charge in [-0.05, 0) is 51.4 Å². The SMILES string of the molecule is CCNc1nc(C2CC2)nc(NCC(C)C2CC2)c1C. The first-order valence-corrected chi connectivity index (χ1v) is 8.05. The maximum Gasteiger partial charge on any atom is 0.136 e. The van der Waals surface area contributed by atoms with E-state index in [0.717, 1.165) is 47.9 Å². The topological polar surface area (TPSA) is 49.8 Å². The molecule has 4 heteroatoms. The lowest BCUT2D eigenvalue weighted by Crippen LogP contribution is -2.16. The summed E-state index contributed by atoms with van der Waals surface area (Å²) in [5, 5.41) is 6.94. The molecular weight excluding hydrogens is 248 g/mol. The van der Waals surface area contributed by atoms with E-state index in [1.54, 1.807) is 0 Å². The van der Waals surface area contributed by atoms with Gasteiger partial charge in [0, 0.05) is 24.6 Å². The second kappa shape index (κ2) is 5.58. The van der Waals surface area contributed by atoms with Crippen LogP contribution in [0.25, 0.3) is 0 Å². The van der Waals surface area contributed by atoms with Crippen molar-refractivity contribution in [3.05, 3.63) is 11.4 Å². The van der Waals surface area contributed by atoms with E-state index in [1.165, 1.54) is 25.7 Å². The molecule has 0 aliphatic heterocycles. The summed E-state index contributed by atoms with van der Waals surface area (Å²) in [6.07, 6.45) is 5.29. The van der Waals surface area contributed by atoms with E-state index >= 15 is 0 Å². The first-order valence-electron chi connectivity index (χ1n) is 8.05. The van der Waals surface area contributed by atoms with E-state index in [9.17, 15) is 0 Å². The Morgan fingerprint density at radius 3 is 2.30 bits per heavy atom. The van der Waals surface area contributed by atoms with Crippen LogP contribution in [0, 0.1) is 18.8 Å². The molecule has 0 amide bonds. The third kappa shape index (κ3) is 3.05. The van der Waals surface area contributed by atoms with Crippen molar-refractivity contribution >= 4 is 11.6 Å². The third-order valence-electron chi connectivity index (χ3n) is 4.47. The number of hydrogen-bond donors (Lipinski definition) is 2. The van der Waals surface area contributed by atoms with Crippen LogP contribution in [0.15, 0.2) is 0 Å². The molecule has 1 unspecified atom stereocenters. The normalized spacial score (nSPS) is 19.8. The van der Waals surface area contributed by atoms with Gasteiger partial charge in [-0.3, -0.25) is 0 Å². The summed E-state index contributed by atoms with van der Waals surface area (Å²) in [7, 11) is 0. The molecule has 1 aromatic heterocycles. The predicted octanol–water partition coefficient (Wildman–Crippen LogP) is 3.55. The zero-order chi connectivity index (χ0) is 14.1. The van der Waals surface area contributed by atoms with E-state index in [-0.39, 0.29) is 0 Å². The Kier molecular flexibility index (Phi) is 3.81. The molecule has 1 aromatic rings. The summed E-state index contributed by atoms with van der Waals surface area (Å²) < 4.78 is 0. The fourth-order valence-electron chi connectivity index (χ4n) is 2.66. The third-order valence-corrected chi connectivity index (χ3v) is 4.47. The fourth-order valence-corrected chi connectivity index (χ4v) is 2.66. The molecule has 4 nitrogen and oxygen atoms in total. The molecule has 20 heavy (non-hydrogen) atoms. The standard InChI is InChI=1S/C16H26N4/c1-4-17-14-11(3)15(18-9-10(2)12-5-6-12)20-16(19-14)13-7-8-13/h10,12-13H,4-9H2,1-3H3,(H2,17,18,19,20). The van der Waals surface area contributed by atoms with Crippen LogP contribution in [-0.4, -0.2) is 23.1 Å². The van der Waals surface area contributed by atoms with Gasteiger partial charge in [0.05, 0.1) is 0 Å². The molecule has 0 spiro atoms. The quantitative estimate of drug-likeness (QED) is 0.798. The molecule has 2 aliphatic carbocycles. The lowest BCUT2D eigenvalue weighted by atomic mass is 10.1. The number of nitrogens with zero attached hydrogens (tertiary/aromatic N) is 2. The van der Waals surface area contributed by atoms with Crippen molar-refractivity contribution in [1.82, 2.24) is 9.97 Å². The number of anilines is 2. The van der Waals surface area contributed by atoms with Crippen molar-refractivity contribution in [1.29, 1.82) is 0 Å². The van der Waals surface area contributed by atoms with Gasteiger partial charge in [-0.2, -0.15) is 0 Å². The minimum atomic E-state index is 0.592. The summed E-state index contributed by atoms with van der Waals surface area (Å²) in [5.74, 6) is 5.33. The lowest BCUT2D eigenvalue weighted by molar-refractivity contribution is 0.535. The van der Waals surface area contributed by atoms with Gasteiger partial charge in [-0.25, -0.2) is 9.97 Å². The first kappa shape index (κ1) is 13.7. The van der Waals surface area contributed by atoms with E-state index < -0.39 is 0 Å². The maximum absolute atomic E-state index is 4.77. The van der Waals surface area contributed by atoms with Gasteiger partial charge >= 0.3 is 0 Å². The van der Waals surface area contributed by atoms with E-state index in [0.29, 0.717) is 5.92 Å². The monoisotopic (exact) mass is 274 g/mol. The smallest absolute Gasteiger partial charge is 0.136 e. The summed E-state index contributed by atoms with van der Waals surface area (Å²) in [6, 6.07) is 0. The van der Waals surface area contributed by atoms with Gasteiger partial charge in [0.25, 0.3) is 0 Å². The Balaban J connectivity index is 1.75. The van der Waals surface area contributed by atoms with Gasteiger partial charge in [0.15, 0.2) is 0 Å². The van der Waals surface area contributed by atoms with Gasteiger partial charge < -0.3 is 10.6 Å². The number of nitrogens with one attached hydrogen (secondary N) is 2. The molecule has 1 heterocycles. The van der Waals surface area contributed by atoms with Crippen LogP contribution in [0.3, 0.4) is 0 Å². The molecular formula is C16H26N4. The summed E-state index contributed by atoms with van der Waals surface area (Å²) in [5.41, 5.74) is 1.15. The zero-order valence-electron chi connectivity index (χ0n) is 12.9. The van der Waals surface area contributed by atoms with Crippen molar-refractivity contribution in [2.75, 3.05) is 23.7 Å². The number of aromatic nitrogens is 2. The van der Waals surface area contributed by atoms with Gasteiger partial charge in [-0.15, -0.1) is 0 Å². The lowest BCUT2D eigenvalue weighted by Gasteiger charge is -2.17. The van der Waals surface area contributed by atoms with Gasteiger partial charge in [-0.1, -0.05) is 6.92 Å². The highest BCUT2D eigenvalue weighted by Gasteiger charge is 2.29. The number of hydrogen-bond acceptors (Lipinski definition) is 4. The Labute approximate surface area is 121 Å². The van der Waals surface area contributed by atoms with E-state index in [4.69, 9.17) is 9.97 Å². The molecule has 3 rings (SSSR count). The second-order valence-corrected chi connectivity index (χ2v) is 6.40. The van der Waals surface area contributed by atoms with Crippen LogP contribution in [0.2, 0.25) is 0 Å². The Hall–Kier alpha value is -1.32. The van der Waals surface area contributed by atoms with Crippen LogP contribution in [-0.2, 0) is 0 Å². The first-order chi connectivity index (χ1) is 9.69. The van der Waals surface area contributed by atoms with Crippen molar-refractivity contribution in [2.45, 2.75) is 52.4 Å². The molecule has 110 valence electrons. The highest BCUT2D eigenvalue weighted by Crippen LogP contribution is 2.40. The Morgan fingerprint density at radius 1 is 1.10 bits per heavy atom. The summed E-state index contributed by atoms with van der Waals surface area (Å²) in [6.45, 7) is 8.49. The largest absolute Gasteiger partial charge is 0.370 e. The van der Waals surface area contributed by atoms with E-state index in [1.807, 2.05) is 0 Å². The average Bonchev–Trinajstić information content (AvgIpc) is 3.30.